The van der Waals surface area contributed by atoms with Gasteiger partial charge in [0.1, 0.15) is 0 Å². The van der Waals surface area contributed by atoms with Crippen LogP contribution in [0, 0.1) is 0 Å². The number of benzene rings is 2. The molecule has 1 aliphatic rings. The van der Waals surface area contributed by atoms with Crippen LogP contribution in [-0.4, -0.2) is 50.0 Å². The molecule has 6 heteroatoms. The molecule has 1 heterocycles. The van der Waals surface area contributed by atoms with Gasteiger partial charge in [-0.25, -0.2) is 8.42 Å². The molecule has 0 radical (unpaired) electrons. The molecule has 0 amide bonds. The summed E-state index contributed by atoms with van der Waals surface area (Å²) in [5, 5.41) is 0. The molecule has 0 unspecified atom stereocenters. The molecule has 3 rings (SSSR count). The number of ether oxygens (including phenoxy) is 1. The first-order chi connectivity index (χ1) is 13.0. The van der Waals surface area contributed by atoms with E-state index in [1.54, 1.807) is 6.07 Å². The number of morpholine rings is 1. The maximum atomic E-state index is 12.9. The molecular weight excluding hydrogens is 360 g/mol. The highest BCUT2D eigenvalue weighted by Crippen LogP contribution is 2.20. The second kappa shape index (κ2) is 8.97. The summed E-state index contributed by atoms with van der Waals surface area (Å²) in [5.41, 5.74) is 2.26. The third-order valence-corrected chi connectivity index (χ3v) is 6.75. The summed E-state index contributed by atoms with van der Waals surface area (Å²) in [6.45, 7) is 7.61. The molecule has 0 spiro atoms. The van der Waals surface area contributed by atoms with Crippen LogP contribution in [-0.2, 0) is 27.8 Å². The Bertz CT molecular complexity index is 832. The number of sulfonamides is 1. The van der Waals surface area contributed by atoms with Crippen molar-refractivity contribution >= 4 is 10.0 Å². The van der Waals surface area contributed by atoms with Gasteiger partial charge in [0.2, 0.25) is 10.0 Å². The van der Waals surface area contributed by atoms with Crippen molar-refractivity contribution in [2.24, 2.45) is 0 Å². The topological polar surface area (TPSA) is 49.9 Å². The fourth-order valence-electron chi connectivity index (χ4n) is 3.21. The Kier molecular flexibility index (Phi) is 6.65. The van der Waals surface area contributed by atoms with E-state index in [4.69, 9.17) is 4.74 Å². The molecular formula is C21H28N2O3S. The van der Waals surface area contributed by atoms with Crippen LogP contribution in [0.1, 0.15) is 25.0 Å². The largest absolute Gasteiger partial charge is 0.379 e. The quantitative estimate of drug-likeness (QED) is 0.731. The van der Waals surface area contributed by atoms with Gasteiger partial charge in [-0.3, -0.25) is 4.90 Å². The summed E-state index contributed by atoms with van der Waals surface area (Å²) in [4.78, 5) is 2.71. The summed E-state index contributed by atoms with van der Waals surface area (Å²) in [6.07, 6.45) is 0. The Hall–Kier alpha value is -1.73. The molecule has 0 atom stereocenters. The lowest BCUT2D eigenvalue weighted by atomic mass is 10.1. The van der Waals surface area contributed by atoms with Crippen molar-refractivity contribution in [3.8, 4) is 0 Å². The first kappa shape index (κ1) is 20.0. The lowest BCUT2D eigenvalue weighted by molar-refractivity contribution is 0.0730. The molecule has 1 fully saturated rings. The average Bonchev–Trinajstić information content (AvgIpc) is 2.69. The van der Waals surface area contributed by atoms with Gasteiger partial charge in [-0.1, -0.05) is 42.5 Å². The third kappa shape index (κ3) is 5.17. The monoisotopic (exact) mass is 388 g/mol. The van der Waals surface area contributed by atoms with E-state index >= 15 is 0 Å². The third-order valence-electron chi connectivity index (χ3n) is 4.85. The average molecular weight is 389 g/mol. The minimum absolute atomic E-state index is 0.352. The van der Waals surface area contributed by atoms with Gasteiger partial charge in [0.15, 0.2) is 0 Å². The fraction of sp³-hybridized carbons (Fsp3) is 0.429. The van der Waals surface area contributed by atoms with E-state index in [-0.39, 0.29) is 0 Å². The molecule has 0 bridgehead atoms. The Labute approximate surface area is 162 Å². The van der Waals surface area contributed by atoms with E-state index in [0.717, 1.165) is 12.1 Å². The van der Waals surface area contributed by atoms with Crippen molar-refractivity contribution in [1.29, 1.82) is 0 Å². The van der Waals surface area contributed by atoms with Gasteiger partial charge >= 0.3 is 0 Å². The molecule has 2 aromatic rings. The smallest absolute Gasteiger partial charge is 0.243 e. The van der Waals surface area contributed by atoms with Gasteiger partial charge in [-0.2, -0.15) is 4.31 Å². The minimum Gasteiger partial charge on any atom is -0.379 e. The normalized spacial score (nSPS) is 16.1. The zero-order chi connectivity index (χ0) is 19.3. The van der Waals surface area contributed by atoms with Gasteiger partial charge in [0.25, 0.3) is 0 Å². The molecule has 2 aromatic carbocycles. The van der Waals surface area contributed by atoms with Crippen LogP contribution in [0.3, 0.4) is 0 Å². The number of rotatable bonds is 7. The van der Waals surface area contributed by atoms with Crippen LogP contribution in [0.5, 0.6) is 0 Å². The first-order valence-corrected chi connectivity index (χ1v) is 10.9. The molecule has 0 N–H and O–H groups in total. The maximum absolute atomic E-state index is 12.9. The summed E-state index contributed by atoms with van der Waals surface area (Å²) in [7, 11) is -3.46. The molecule has 146 valence electrons. The zero-order valence-corrected chi connectivity index (χ0v) is 16.9. The van der Waals surface area contributed by atoms with Crippen LogP contribution in [0.25, 0.3) is 0 Å². The predicted molar refractivity (Wildman–Crippen MR) is 107 cm³/mol. The van der Waals surface area contributed by atoms with Crippen LogP contribution in [0.15, 0.2) is 59.5 Å². The van der Waals surface area contributed by atoms with Crippen molar-refractivity contribution in [1.82, 2.24) is 9.21 Å². The maximum Gasteiger partial charge on any atom is 0.243 e. The second-order valence-corrected chi connectivity index (χ2v) is 9.09. The van der Waals surface area contributed by atoms with Crippen molar-refractivity contribution in [2.45, 2.75) is 37.9 Å². The molecule has 0 aromatic heterocycles. The van der Waals surface area contributed by atoms with Gasteiger partial charge in [-0.05, 0) is 37.1 Å². The van der Waals surface area contributed by atoms with Gasteiger partial charge in [0, 0.05) is 32.2 Å². The van der Waals surface area contributed by atoms with E-state index in [2.05, 4.69) is 30.9 Å². The molecule has 0 saturated carbocycles. The van der Waals surface area contributed by atoms with Gasteiger partial charge in [0.05, 0.1) is 18.1 Å². The first-order valence-electron chi connectivity index (χ1n) is 9.41. The summed E-state index contributed by atoms with van der Waals surface area (Å²) in [6, 6.07) is 18.0. The number of nitrogens with zero attached hydrogens (tertiary/aromatic N) is 2. The van der Waals surface area contributed by atoms with Crippen molar-refractivity contribution in [2.75, 3.05) is 26.3 Å². The second-order valence-electron chi connectivity index (χ2n) is 7.15. The van der Waals surface area contributed by atoms with Crippen LogP contribution in [0.4, 0.5) is 0 Å². The summed E-state index contributed by atoms with van der Waals surface area (Å²) in [5.74, 6) is 0. The number of hydrogen-bond acceptors (Lipinski definition) is 4. The van der Waals surface area contributed by atoms with Gasteiger partial charge < -0.3 is 4.74 Å². The highest BCUT2D eigenvalue weighted by atomic mass is 32.2. The molecule has 5 nitrogen and oxygen atoms in total. The van der Waals surface area contributed by atoms with Crippen molar-refractivity contribution < 1.29 is 13.2 Å². The highest BCUT2D eigenvalue weighted by Gasteiger charge is 2.26. The molecule has 1 saturated heterocycles. The van der Waals surface area contributed by atoms with Crippen LogP contribution >= 0.6 is 0 Å². The Morgan fingerprint density at radius 3 is 2.26 bits per heavy atom. The lowest BCUT2D eigenvalue weighted by Gasteiger charge is -2.28. The Morgan fingerprint density at radius 2 is 1.59 bits per heavy atom. The number of hydrogen-bond donors (Lipinski definition) is 0. The predicted octanol–water partition coefficient (Wildman–Crippen LogP) is 3.12. The van der Waals surface area contributed by atoms with Crippen LogP contribution in [0.2, 0.25) is 0 Å². The Balaban J connectivity index is 1.77. The molecule has 27 heavy (non-hydrogen) atoms. The standard InChI is InChI=1S/C21H28N2O3S/c1-18(2)22(16-19-7-4-3-5-8-19)17-20-9-6-10-21(15-20)27(24,25)23-11-13-26-14-12-23/h3-10,15,18H,11-14,16-17H2,1-2H3. The minimum atomic E-state index is -3.46. The van der Waals surface area contributed by atoms with E-state index in [1.165, 1.54) is 9.87 Å². The molecule has 0 aliphatic carbocycles. The lowest BCUT2D eigenvalue weighted by Crippen LogP contribution is -2.40. The SMILES string of the molecule is CC(C)N(Cc1ccccc1)Cc1cccc(S(=O)(=O)N2CCOCC2)c1. The van der Waals surface area contributed by atoms with Crippen molar-refractivity contribution in [3.63, 3.8) is 0 Å². The van der Waals surface area contributed by atoms with E-state index < -0.39 is 10.0 Å². The molecule has 1 aliphatic heterocycles. The van der Waals surface area contributed by atoms with Crippen molar-refractivity contribution in [3.05, 3.63) is 65.7 Å². The highest BCUT2D eigenvalue weighted by molar-refractivity contribution is 7.89. The van der Waals surface area contributed by atoms with E-state index in [9.17, 15) is 8.42 Å². The summed E-state index contributed by atoms with van der Waals surface area (Å²) < 4.78 is 32.6. The van der Waals surface area contributed by atoms with E-state index in [1.807, 2.05) is 36.4 Å². The van der Waals surface area contributed by atoms with Crippen LogP contribution < -0.4 is 0 Å². The van der Waals surface area contributed by atoms with Gasteiger partial charge in [-0.15, -0.1) is 0 Å². The zero-order valence-electron chi connectivity index (χ0n) is 16.0. The fourth-order valence-corrected chi connectivity index (χ4v) is 4.69. The van der Waals surface area contributed by atoms with E-state index in [0.29, 0.717) is 43.8 Å². The Morgan fingerprint density at radius 1 is 0.963 bits per heavy atom. The summed E-state index contributed by atoms with van der Waals surface area (Å²) >= 11 is 0.